The van der Waals surface area contributed by atoms with Crippen molar-refractivity contribution < 1.29 is 0 Å². The smallest absolute Gasteiger partial charge is 0.0613 e. The van der Waals surface area contributed by atoms with Gasteiger partial charge in [-0.15, -0.1) is 11.8 Å². The predicted molar refractivity (Wildman–Crippen MR) is 80.9 cm³/mol. The molecule has 0 aliphatic rings. The van der Waals surface area contributed by atoms with Gasteiger partial charge in [0.05, 0.1) is 5.88 Å². The number of unbranched alkanes of at least 4 members (excludes halogenated alkanes) is 2. The molecule has 0 heterocycles. The van der Waals surface area contributed by atoms with E-state index in [1.807, 2.05) is 11.8 Å². The molecule has 0 radical (unpaired) electrons. The Morgan fingerprint density at radius 3 is 2.53 bits per heavy atom. The van der Waals surface area contributed by atoms with Crippen LogP contribution in [0.3, 0.4) is 0 Å². The molecule has 1 aromatic carbocycles. The molecular weight excluding hydrogens is 226 g/mol. The number of hydrogen-bond donors (Lipinski definition) is 1. The zero-order valence-corrected chi connectivity index (χ0v) is 12.1. The summed E-state index contributed by atoms with van der Waals surface area (Å²) in [5, 5.41) is 4.22. The minimum atomic E-state index is 0.763. The summed E-state index contributed by atoms with van der Waals surface area (Å²) >= 11 is 2.01. The fraction of sp³-hybridized carbons (Fsp3) is 0.600. The molecule has 0 aliphatic carbocycles. The van der Waals surface area contributed by atoms with E-state index in [1.165, 1.54) is 36.9 Å². The lowest BCUT2D eigenvalue weighted by atomic mass is 10.2. The highest BCUT2D eigenvalue weighted by Crippen LogP contribution is 2.18. The van der Waals surface area contributed by atoms with Gasteiger partial charge >= 0.3 is 0 Å². The van der Waals surface area contributed by atoms with Crippen LogP contribution < -0.4 is 5.32 Å². The standard InChI is InChI=1S/C15H25NS/c1-4-5-6-7-14(3)17-12-16-15-10-8-13(2)9-11-15/h8-11,14,16H,4-7,12H2,1-3H3/t14-/m0/s1. The molecular formula is C15H25NS. The molecule has 0 aromatic heterocycles. The quantitative estimate of drug-likeness (QED) is 0.511. The third-order valence-electron chi connectivity index (χ3n) is 2.91. The maximum absolute atomic E-state index is 3.46. The topological polar surface area (TPSA) is 12.0 Å². The highest BCUT2D eigenvalue weighted by molar-refractivity contribution is 7.99. The number of aryl methyl sites for hydroxylation is 1. The average Bonchev–Trinajstić information content (AvgIpc) is 2.32. The van der Waals surface area contributed by atoms with Gasteiger partial charge in [-0.3, -0.25) is 0 Å². The van der Waals surface area contributed by atoms with Gasteiger partial charge in [0.15, 0.2) is 0 Å². The second-order valence-corrected chi connectivity index (χ2v) is 6.09. The summed E-state index contributed by atoms with van der Waals surface area (Å²) < 4.78 is 0. The van der Waals surface area contributed by atoms with Crippen LogP contribution in [0.4, 0.5) is 5.69 Å². The van der Waals surface area contributed by atoms with Gasteiger partial charge in [0.1, 0.15) is 0 Å². The lowest BCUT2D eigenvalue weighted by Crippen LogP contribution is -2.04. The zero-order chi connectivity index (χ0) is 12.5. The second kappa shape index (κ2) is 8.46. The Morgan fingerprint density at radius 1 is 1.18 bits per heavy atom. The maximum atomic E-state index is 3.46. The fourth-order valence-electron chi connectivity index (χ4n) is 1.70. The number of hydrogen-bond acceptors (Lipinski definition) is 2. The van der Waals surface area contributed by atoms with Crippen molar-refractivity contribution in [2.45, 2.75) is 51.7 Å². The number of anilines is 1. The Morgan fingerprint density at radius 2 is 1.88 bits per heavy atom. The molecule has 2 heteroatoms. The number of nitrogens with one attached hydrogen (secondary N) is 1. The van der Waals surface area contributed by atoms with Crippen LogP contribution in [0.2, 0.25) is 0 Å². The lowest BCUT2D eigenvalue weighted by Gasteiger charge is -2.12. The molecule has 0 saturated carbocycles. The molecule has 1 nitrogen and oxygen atoms in total. The Kier molecular flexibility index (Phi) is 7.18. The van der Waals surface area contributed by atoms with E-state index in [-0.39, 0.29) is 0 Å². The first-order valence-corrected chi connectivity index (χ1v) is 7.69. The first-order valence-electron chi connectivity index (χ1n) is 6.64. The molecule has 0 saturated heterocycles. The van der Waals surface area contributed by atoms with E-state index in [0.29, 0.717) is 0 Å². The van der Waals surface area contributed by atoms with Crippen molar-refractivity contribution in [1.29, 1.82) is 0 Å². The van der Waals surface area contributed by atoms with Crippen molar-refractivity contribution >= 4 is 17.4 Å². The van der Waals surface area contributed by atoms with Gasteiger partial charge in [0.2, 0.25) is 0 Å². The Bertz CT molecular complexity index is 294. The highest BCUT2D eigenvalue weighted by Gasteiger charge is 2.01. The molecule has 0 spiro atoms. The van der Waals surface area contributed by atoms with Crippen molar-refractivity contribution in [3.05, 3.63) is 29.8 Å². The van der Waals surface area contributed by atoms with E-state index in [2.05, 4.69) is 50.4 Å². The molecule has 1 N–H and O–H groups in total. The van der Waals surface area contributed by atoms with Crippen LogP contribution >= 0.6 is 11.8 Å². The van der Waals surface area contributed by atoms with E-state index < -0.39 is 0 Å². The summed E-state index contributed by atoms with van der Waals surface area (Å²) in [7, 11) is 0. The third kappa shape index (κ3) is 6.62. The van der Waals surface area contributed by atoms with Gasteiger partial charge < -0.3 is 5.32 Å². The van der Waals surface area contributed by atoms with Crippen LogP contribution in [0.15, 0.2) is 24.3 Å². The largest absolute Gasteiger partial charge is 0.376 e. The van der Waals surface area contributed by atoms with E-state index >= 15 is 0 Å². The van der Waals surface area contributed by atoms with Crippen LogP contribution in [0.5, 0.6) is 0 Å². The highest BCUT2D eigenvalue weighted by atomic mass is 32.2. The summed E-state index contributed by atoms with van der Waals surface area (Å²) in [4.78, 5) is 0. The average molecular weight is 251 g/mol. The van der Waals surface area contributed by atoms with Crippen LogP contribution in [0.1, 0.15) is 45.1 Å². The second-order valence-electron chi connectivity index (χ2n) is 4.66. The minimum absolute atomic E-state index is 0.763. The number of rotatable bonds is 8. The summed E-state index contributed by atoms with van der Waals surface area (Å²) in [5.74, 6) is 1.01. The molecule has 1 rings (SSSR count). The number of thioether (sulfide) groups is 1. The molecule has 0 fully saturated rings. The Hall–Kier alpha value is -0.630. The summed E-state index contributed by atoms with van der Waals surface area (Å²) in [6.07, 6.45) is 5.40. The van der Waals surface area contributed by atoms with Gasteiger partial charge in [0, 0.05) is 10.9 Å². The summed E-state index contributed by atoms with van der Waals surface area (Å²) in [5.41, 5.74) is 2.54. The molecule has 0 unspecified atom stereocenters. The molecule has 1 aromatic rings. The van der Waals surface area contributed by atoms with Crippen molar-refractivity contribution in [1.82, 2.24) is 0 Å². The summed E-state index contributed by atoms with van der Waals surface area (Å²) in [6.45, 7) is 6.71. The minimum Gasteiger partial charge on any atom is -0.376 e. The van der Waals surface area contributed by atoms with Gasteiger partial charge in [-0.05, 0) is 25.5 Å². The van der Waals surface area contributed by atoms with Gasteiger partial charge in [0.25, 0.3) is 0 Å². The first-order chi connectivity index (χ1) is 8.22. The predicted octanol–water partition coefficient (Wildman–Crippen LogP) is 5.07. The normalized spacial score (nSPS) is 12.4. The van der Waals surface area contributed by atoms with Gasteiger partial charge in [-0.2, -0.15) is 0 Å². The van der Waals surface area contributed by atoms with Crippen LogP contribution in [-0.2, 0) is 0 Å². The van der Waals surface area contributed by atoms with Gasteiger partial charge in [-0.1, -0.05) is 50.8 Å². The molecule has 1 atom stereocenters. The molecule has 0 aliphatic heterocycles. The molecule has 0 amide bonds. The fourth-order valence-corrected chi connectivity index (χ4v) is 2.57. The first kappa shape index (κ1) is 14.4. The van der Waals surface area contributed by atoms with E-state index in [1.54, 1.807) is 0 Å². The molecule has 0 bridgehead atoms. The maximum Gasteiger partial charge on any atom is 0.0613 e. The third-order valence-corrected chi connectivity index (χ3v) is 4.03. The van der Waals surface area contributed by atoms with Crippen LogP contribution in [-0.4, -0.2) is 11.1 Å². The van der Waals surface area contributed by atoms with Gasteiger partial charge in [-0.25, -0.2) is 0 Å². The SMILES string of the molecule is CCCCC[C@H](C)SCNc1ccc(C)cc1. The Labute approximate surface area is 110 Å². The van der Waals surface area contributed by atoms with E-state index in [4.69, 9.17) is 0 Å². The summed E-state index contributed by atoms with van der Waals surface area (Å²) in [6, 6.07) is 8.60. The van der Waals surface area contributed by atoms with Crippen LogP contribution in [0, 0.1) is 6.92 Å². The van der Waals surface area contributed by atoms with Crippen molar-refractivity contribution in [3.63, 3.8) is 0 Å². The number of benzene rings is 1. The van der Waals surface area contributed by atoms with Crippen molar-refractivity contribution in [2.24, 2.45) is 0 Å². The van der Waals surface area contributed by atoms with Crippen LogP contribution in [0.25, 0.3) is 0 Å². The Balaban J connectivity index is 2.12. The van der Waals surface area contributed by atoms with Crippen molar-refractivity contribution in [2.75, 3.05) is 11.2 Å². The molecule has 17 heavy (non-hydrogen) atoms. The van der Waals surface area contributed by atoms with E-state index in [9.17, 15) is 0 Å². The zero-order valence-electron chi connectivity index (χ0n) is 11.3. The molecule has 96 valence electrons. The lowest BCUT2D eigenvalue weighted by molar-refractivity contribution is 0.664. The van der Waals surface area contributed by atoms with Crippen molar-refractivity contribution in [3.8, 4) is 0 Å². The monoisotopic (exact) mass is 251 g/mol. The van der Waals surface area contributed by atoms with E-state index in [0.717, 1.165) is 11.1 Å².